The number of carbonyl (C=O) groups is 2. The Balaban J connectivity index is 1.33. The quantitative estimate of drug-likeness (QED) is 0.241. The molecule has 1 amide bonds. The van der Waals surface area contributed by atoms with Gasteiger partial charge in [0.25, 0.3) is 0 Å². The number of unbranched alkanes of at least 4 members (excludes halogenated alkanes) is 2. The molecule has 1 saturated carbocycles. The molecule has 2 atom stereocenters. The van der Waals surface area contributed by atoms with E-state index in [9.17, 15) is 9.59 Å². The number of amides is 1. The van der Waals surface area contributed by atoms with Crippen molar-refractivity contribution in [3.8, 4) is 17.1 Å². The molecule has 3 aromatic rings. The lowest BCUT2D eigenvalue weighted by Crippen LogP contribution is -2.54. The van der Waals surface area contributed by atoms with Crippen LogP contribution in [0.3, 0.4) is 0 Å². The molecule has 1 aromatic carbocycles. The maximum atomic E-state index is 13.7. The Morgan fingerprint density at radius 3 is 2.66 bits per heavy atom. The largest absolute Gasteiger partial charge is 0.480 e. The van der Waals surface area contributed by atoms with Gasteiger partial charge in [-0.15, -0.1) is 0 Å². The molecule has 220 valence electrons. The van der Waals surface area contributed by atoms with Crippen LogP contribution in [0.25, 0.3) is 22.2 Å². The van der Waals surface area contributed by atoms with Gasteiger partial charge in [0.1, 0.15) is 11.6 Å². The Morgan fingerprint density at radius 2 is 1.95 bits per heavy atom. The number of ketones is 1. The van der Waals surface area contributed by atoms with Crippen molar-refractivity contribution >= 4 is 22.6 Å². The normalized spacial score (nSPS) is 19.1. The van der Waals surface area contributed by atoms with E-state index in [1.54, 1.807) is 7.11 Å². The summed E-state index contributed by atoms with van der Waals surface area (Å²) in [6, 6.07) is 9.82. The second-order valence-electron chi connectivity index (χ2n) is 11.9. The van der Waals surface area contributed by atoms with E-state index in [0.29, 0.717) is 24.5 Å². The molecule has 0 radical (unpaired) electrons. The Morgan fingerprint density at radius 1 is 1.15 bits per heavy atom. The molecule has 41 heavy (non-hydrogen) atoms. The van der Waals surface area contributed by atoms with Gasteiger partial charge in [-0.3, -0.25) is 9.59 Å². The van der Waals surface area contributed by atoms with Crippen LogP contribution < -0.4 is 10.1 Å². The number of carbonyl (C=O) groups excluding carboxylic acids is 2. The Hall–Kier alpha value is -3.26. The first-order valence-corrected chi connectivity index (χ1v) is 15.5. The van der Waals surface area contributed by atoms with Crippen molar-refractivity contribution in [2.24, 2.45) is 11.3 Å². The number of Topliss-reactive ketones (excluding diaryl/α,β-unsaturated/α-hetero) is 1. The van der Waals surface area contributed by atoms with Crippen molar-refractivity contribution < 1.29 is 14.3 Å². The molecular formula is C33H45N5O3. The molecule has 3 heterocycles. The minimum absolute atomic E-state index is 0.0744. The SMILES string of the molecule is CCC(=O)CCCCC[C@H](NC(=O)[C@H]1CCC12CCN(CC)CC2)c1ncc(-c2cc3ccccc3nc2OC)[nH]1. The lowest BCUT2D eigenvalue weighted by Gasteiger charge is -2.53. The van der Waals surface area contributed by atoms with Gasteiger partial charge in [0.15, 0.2) is 0 Å². The minimum Gasteiger partial charge on any atom is -0.480 e. The van der Waals surface area contributed by atoms with Gasteiger partial charge < -0.3 is 19.9 Å². The Labute approximate surface area is 243 Å². The molecule has 1 aliphatic carbocycles. The molecule has 5 rings (SSSR count). The number of fused-ring (bicyclic) bond motifs is 1. The number of pyridine rings is 1. The number of likely N-dealkylation sites (tertiary alicyclic amines) is 1. The number of imidazole rings is 1. The molecule has 0 bridgehead atoms. The van der Waals surface area contributed by atoms with Gasteiger partial charge in [-0.2, -0.15) is 0 Å². The fourth-order valence-electron chi connectivity index (χ4n) is 6.69. The molecule has 8 heteroatoms. The number of nitrogens with zero attached hydrogens (tertiary/aromatic N) is 3. The summed E-state index contributed by atoms with van der Waals surface area (Å²) < 4.78 is 5.64. The first-order valence-electron chi connectivity index (χ1n) is 15.5. The lowest BCUT2D eigenvalue weighted by molar-refractivity contribution is -0.141. The van der Waals surface area contributed by atoms with E-state index in [0.717, 1.165) is 99.0 Å². The predicted molar refractivity (Wildman–Crippen MR) is 162 cm³/mol. The summed E-state index contributed by atoms with van der Waals surface area (Å²) in [7, 11) is 1.63. The third-order valence-electron chi connectivity index (χ3n) is 9.54. The van der Waals surface area contributed by atoms with Crippen LogP contribution in [-0.2, 0) is 9.59 Å². The fourth-order valence-corrected chi connectivity index (χ4v) is 6.69. The van der Waals surface area contributed by atoms with Crippen LogP contribution >= 0.6 is 0 Å². The average molecular weight is 560 g/mol. The number of hydrogen-bond donors (Lipinski definition) is 2. The Kier molecular flexibility index (Phi) is 9.38. The standard InChI is InChI=1S/C33H45N5O3/c1-4-24(39)12-7-6-8-14-28(36-31(40)26-15-16-33(26)17-19-38(5-2)20-18-33)30-34-22-29(35-30)25-21-23-11-9-10-13-27(23)37-32(25)41-3/h9-11,13,21-22,26,28H,4-8,12,14-20H2,1-3H3,(H,34,35)(H,36,40)/t26-,28+/m1/s1. The van der Waals surface area contributed by atoms with Crippen LogP contribution in [0, 0.1) is 11.3 Å². The summed E-state index contributed by atoms with van der Waals surface area (Å²) in [5.74, 6) is 1.84. The average Bonchev–Trinajstić information content (AvgIpc) is 3.49. The summed E-state index contributed by atoms with van der Waals surface area (Å²) in [4.78, 5) is 40.9. The zero-order chi connectivity index (χ0) is 28.8. The maximum Gasteiger partial charge on any atom is 0.224 e. The van der Waals surface area contributed by atoms with Crippen LogP contribution in [0.4, 0.5) is 0 Å². The molecular weight excluding hydrogens is 514 g/mol. The molecule has 1 aliphatic heterocycles. The monoisotopic (exact) mass is 559 g/mol. The molecule has 2 aliphatic rings. The van der Waals surface area contributed by atoms with Crippen molar-refractivity contribution in [2.45, 2.75) is 84.1 Å². The fraction of sp³-hybridized carbons (Fsp3) is 0.576. The van der Waals surface area contributed by atoms with E-state index in [1.165, 1.54) is 0 Å². The molecule has 2 N–H and O–H groups in total. The predicted octanol–water partition coefficient (Wildman–Crippen LogP) is 6.23. The van der Waals surface area contributed by atoms with E-state index in [4.69, 9.17) is 14.7 Å². The number of aromatic amines is 1. The number of nitrogens with one attached hydrogen (secondary N) is 2. The van der Waals surface area contributed by atoms with E-state index < -0.39 is 0 Å². The number of rotatable bonds is 13. The minimum atomic E-state index is -0.217. The zero-order valence-corrected chi connectivity index (χ0v) is 24.9. The molecule has 2 aromatic heterocycles. The van der Waals surface area contributed by atoms with Gasteiger partial charge in [-0.1, -0.05) is 44.9 Å². The van der Waals surface area contributed by atoms with Crippen LogP contribution in [0.5, 0.6) is 5.88 Å². The number of H-pyrrole nitrogens is 1. The highest BCUT2D eigenvalue weighted by molar-refractivity contribution is 5.85. The van der Waals surface area contributed by atoms with E-state index in [-0.39, 0.29) is 23.3 Å². The zero-order valence-electron chi connectivity index (χ0n) is 24.9. The molecule has 0 unspecified atom stereocenters. The van der Waals surface area contributed by atoms with Gasteiger partial charge >= 0.3 is 0 Å². The van der Waals surface area contributed by atoms with Crippen LogP contribution in [0.15, 0.2) is 36.5 Å². The molecule has 8 nitrogen and oxygen atoms in total. The molecule has 2 fully saturated rings. The summed E-state index contributed by atoms with van der Waals surface area (Å²) in [6.45, 7) is 7.39. The summed E-state index contributed by atoms with van der Waals surface area (Å²) in [6.07, 6.45) is 10.9. The van der Waals surface area contributed by atoms with Crippen LogP contribution in [0.1, 0.15) is 89.9 Å². The van der Waals surface area contributed by atoms with E-state index in [2.05, 4.69) is 28.2 Å². The number of ether oxygens (including phenoxy) is 1. The van der Waals surface area contributed by atoms with E-state index in [1.807, 2.05) is 37.4 Å². The third-order valence-corrected chi connectivity index (χ3v) is 9.54. The van der Waals surface area contributed by atoms with Crippen molar-refractivity contribution in [1.82, 2.24) is 25.2 Å². The first kappa shape index (κ1) is 29.2. The summed E-state index contributed by atoms with van der Waals surface area (Å²) >= 11 is 0. The van der Waals surface area contributed by atoms with Crippen molar-refractivity contribution in [3.63, 3.8) is 0 Å². The number of piperidine rings is 1. The number of para-hydroxylation sites is 1. The molecule has 1 saturated heterocycles. The highest BCUT2D eigenvalue weighted by atomic mass is 16.5. The summed E-state index contributed by atoms with van der Waals surface area (Å²) in [5, 5.41) is 4.43. The van der Waals surface area contributed by atoms with Crippen LogP contribution in [0.2, 0.25) is 0 Å². The van der Waals surface area contributed by atoms with Crippen LogP contribution in [-0.4, -0.2) is 58.3 Å². The number of aromatic nitrogens is 3. The van der Waals surface area contributed by atoms with Gasteiger partial charge in [0.2, 0.25) is 11.8 Å². The number of hydrogen-bond acceptors (Lipinski definition) is 6. The smallest absolute Gasteiger partial charge is 0.224 e. The topological polar surface area (TPSA) is 100 Å². The first-order chi connectivity index (χ1) is 20.0. The summed E-state index contributed by atoms with van der Waals surface area (Å²) in [5.41, 5.74) is 2.68. The van der Waals surface area contributed by atoms with Crippen molar-refractivity contribution in [2.75, 3.05) is 26.7 Å². The van der Waals surface area contributed by atoms with E-state index >= 15 is 0 Å². The third kappa shape index (κ3) is 6.48. The Bertz CT molecular complexity index is 1340. The van der Waals surface area contributed by atoms with Gasteiger partial charge in [0.05, 0.1) is 36.1 Å². The number of benzene rings is 1. The van der Waals surface area contributed by atoms with Gasteiger partial charge in [0, 0.05) is 24.1 Å². The molecule has 1 spiro atoms. The second-order valence-corrected chi connectivity index (χ2v) is 11.9. The second kappa shape index (κ2) is 13.1. The van der Waals surface area contributed by atoms with Gasteiger partial charge in [-0.05, 0) is 75.7 Å². The highest BCUT2D eigenvalue weighted by Crippen LogP contribution is 2.54. The highest BCUT2D eigenvalue weighted by Gasteiger charge is 2.51. The lowest BCUT2D eigenvalue weighted by atomic mass is 9.55. The van der Waals surface area contributed by atoms with Crippen molar-refractivity contribution in [3.05, 3.63) is 42.4 Å². The maximum absolute atomic E-state index is 13.7. The number of methoxy groups -OCH3 is 1. The van der Waals surface area contributed by atoms with Gasteiger partial charge in [-0.25, -0.2) is 9.97 Å². The van der Waals surface area contributed by atoms with Crippen molar-refractivity contribution in [1.29, 1.82) is 0 Å².